The van der Waals surface area contributed by atoms with Gasteiger partial charge >= 0.3 is 5.69 Å². The fraction of sp³-hybridized carbons (Fsp3) is 0.200. The van der Waals surface area contributed by atoms with Crippen LogP contribution in [0.4, 0.5) is 0 Å². The number of hydrogen-bond acceptors (Lipinski definition) is 4. The first-order valence-corrected chi connectivity index (χ1v) is 9.28. The molecule has 148 valence electrons. The van der Waals surface area contributed by atoms with E-state index in [1.165, 1.54) is 11.6 Å². The highest BCUT2D eigenvalue weighted by atomic mass is 35.5. The second-order valence-corrected chi connectivity index (χ2v) is 7.22. The molecule has 0 unspecified atom stereocenters. The number of Topliss-reactive ketones (excluding diaryl/α,β-unsaturated/α-hetero) is 1. The van der Waals surface area contributed by atoms with Crippen molar-refractivity contribution < 1.29 is 4.79 Å². The molecule has 0 saturated carbocycles. The van der Waals surface area contributed by atoms with Crippen molar-refractivity contribution in [1.82, 2.24) is 23.1 Å². The van der Waals surface area contributed by atoms with E-state index in [1.54, 1.807) is 40.9 Å². The lowest BCUT2D eigenvalue weighted by atomic mass is 10.1. The smallest absolute Gasteiger partial charge is 0.310 e. The van der Waals surface area contributed by atoms with Crippen molar-refractivity contribution >= 4 is 34.3 Å². The Morgan fingerprint density at radius 3 is 2.55 bits per heavy atom. The standard InChI is InChI=1S/C20H18ClN5O3/c1-4-9-24-12(2)10-25-16-17(22-19(24)25)23(3)20(29)26(18(16)28)11-15(27)13-5-7-14(21)8-6-13/h4-8,10H,1,9,11H2,2-3H3. The van der Waals surface area contributed by atoms with Crippen LogP contribution in [-0.4, -0.2) is 28.9 Å². The Labute approximate surface area is 169 Å². The van der Waals surface area contributed by atoms with Crippen molar-refractivity contribution in [2.75, 3.05) is 0 Å². The maximum absolute atomic E-state index is 13.2. The molecule has 0 bridgehead atoms. The van der Waals surface area contributed by atoms with Crippen LogP contribution in [0.15, 0.2) is 52.7 Å². The molecule has 0 aliphatic rings. The van der Waals surface area contributed by atoms with E-state index in [0.29, 0.717) is 22.9 Å². The number of carbonyl (C=O) groups excluding carboxylic acids is 1. The number of ketones is 1. The summed E-state index contributed by atoms with van der Waals surface area (Å²) in [6, 6.07) is 6.30. The van der Waals surface area contributed by atoms with Crippen LogP contribution in [0.25, 0.3) is 16.9 Å². The minimum Gasteiger partial charge on any atom is -0.310 e. The van der Waals surface area contributed by atoms with Gasteiger partial charge in [-0.05, 0) is 31.2 Å². The predicted molar refractivity (Wildman–Crippen MR) is 111 cm³/mol. The Morgan fingerprint density at radius 2 is 1.90 bits per heavy atom. The van der Waals surface area contributed by atoms with E-state index in [9.17, 15) is 14.4 Å². The molecule has 1 aromatic carbocycles. The van der Waals surface area contributed by atoms with Gasteiger partial charge in [0.25, 0.3) is 5.56 Å². The minimum atomic E-state index is -0.599. The number of imidazole rings is 2. The molecule has 4 rings (SSSR count). The van der Waals surface area contributed by atoms with Gasteiger partial charge in [0.15, 0.2) is 16.9 Å². The second kappa shape index (κ2) is 6.89. The van der Waals surface area contributed by atoms with Gasteiger partial charge in [-0.1, -0.05) is 17.7 Å². The van der Waals surface area contributed by atoms with Crippen LogP contribution in [-0.2, 0) is 20.1 Å². The molecular formula is C20H18ClN5O3. The summed E-state index contributed by atoms with van der Waals surface area (Å²) in [6.07, 6.45) is 3.51. The Morgan fingerprint density at radius 1 is 1.21 bits per heavy atom. The summed E-state index contributed by atoms with van der Waals surface area (Å²) >= 11 is 5.86. The summed E-state index contributed by atoms with van der Waals surface area (Å²) < 4.78 is 5.76. The average molecular weight is 412 g/mol. The second-order valence-electron chi connectivity index (χ2n) is 6.79. The molecule has 0 fully saturated rings. The minimum absolute atomic E-state index is 0.247. The number of allylic oxidation sites excluding steroid dienone is 1. The molecule has 4 aromatic rings. The number of aryl methyl sites for hydroxylation is 2. The fourth-order valence-electron chi connectivity index (χ4n) is 3.42. The summed E-state index contributed by atoms with van der Waals surface area (Å²) in [7, 11) is 1.53. The highest BCUT2D eigenvalue weighted by molar-refractivity contribution is 6.30. The number of aromatic nitrogens is 5. The van der Waals surface area contributed by atoms with Crippen molar-refractivity contribution in [1.29, 1.82) is 0 Å². The van der Waals surface area contributed by atoms with Gasteiger partial charge in [0, 0.05) is 36.1 Å². The van der Waals surface area contributed by atoms with Crippen molar-refractivity contribution in [3.63, 3.8) is 0 Å². The summed E-state index contributed by atoms with van der Waals surface area (Å²) in [4.78, 5) is 43.1. The predicted octanol–water partition coefficient (Wildman–Crippen LogP) is 2.18. The van der Waals surface area contributed by atoms with Crippen LogP contribution in [0.3, 0.4) is 0 Å². The molecular weight excluding hydrogens is 394 g/mol. The number of halogens is 1. The van der Waals surface area contributed by atoms with Crippen LogP contribution in [0.2, 0.25) is 5.02 Å². The molecule has 3 aromatic heterocycles. The van der Waals surface area contributed by atoms with Crippen molar-refractivity contribution in [3.05, 3.63) is 80.2 Å². The molecule has 8 nitrogen and oxygen atoms in total. The van der Waals surface area contributed by atoms with E-state index >= 15 is 0 Å². The zero-order chi connectivity index (χ0) is 20.9. The quantitative estimate of drug-likeness (QED) is 0.372. The van der Waals surface area contributed by atoms with E-state index in [4.69, 9.17) is 11.6 Å². The van der Waals surface area contributed by atoms with Gasteiger partial charge in [-0.25, -0.2) is 4.79 Å². The fourth-order valence-corrected chi connectivity index (χ4v) is 3.55. The lowest BCUT2D eigenvalue weighted by Gasteiger charge is -2.08. The number of benzene rings is 1. The maximum atomic E-state index is 13.2. The molecule has 0 aliphatic heterocycles. The van der Waals surface area contributed by atoms with Gasteiger partial charge in [-0.15, -0.1) is 6.58 Å². The Bertz CT molecular complexity index is 1400. The molecule has 0 spiro atoms. The normalized spacial score (nSPS) is 11.4. The molecule has 0 N–H and O–H groups in total. The van der Waals surface area contributed by atoms with Gasteiger partial charge < -0.3 is 4.57 Å². The van der Waals surface area contributed by atoms with Crippen molar-refractivity contribution in [3.8, 4) is 0 Å². The number of nitrogens with zero attached hydrogens (tertiary/aromatic N) is 5. The molecule has 29 heavy (non-hydrogen) atoms. The highest BCUT2D eigenvalue weighted by Gasteiger charge is 2.21. The summed E-state index contributed by atoms with van der Waals surface area (Å²) in [5.74, 6) is 0.174. The van der Waals surface area contributed by atoms with Crippen LogP contribution >= 0.6 is 11.6 Å². The summed E-state index contributed by atoms with van der Waals surface area (Å²) in [5.41, 5.74) is 0.618. The van der Waals surface area contributed by atoms with Gasteiger partial charge in [-0.3, -0.25) is 23.1 Å². The summed E-state index contributed by atoms with van der Waals surface area (Å²) in [6.45, 7) is 5.78. The topological polar surface area (TPSA) is 83.3 Å². The van der Waals surface area contributed by atoms with Crippen molar-refractivity contribution in [2.24, 2.45) is 7.05 Å². The molecule has 0 radical (unpaired) electrons. The number of fused-ring (bicyclic) bond motifs is 3. The Hall–Kier alpha value is -3.39. The first-order chi connectivity index (χ1) is 13.8. The van der Waals surface area contributed by atoms with Gasteiger partial charge in [0.05, 0.1) is 6.54 Å². The number of hydrogen-bond donors (Lipinski definition) is 0. The molecule has 0 atom stereocenters. The molecule has 0 aliphatic carbocycles. The van der Waals surface area contributed by atoms with Gasteiger partial charge in [-0.2, -0.15) is 4.98 Å². The van der Waals surface area contributed by atoms with Crippen molar-refractivity contribution in [2.45, 2.75) is 20.0 Å². The van der Waals surface area contributed by atoms with E-state index in [1.807, 2.05) is 11.5 Å². The first kappa shape index (κ1) is 18.9. The Balaban J connectivity index is 1.92. The van der Waals surface area contributed by atoms with E-state index < -0.39 is 11.2 Å². The highest BCUT2D eigenvalue weighted by Crippen LogP contribution is 2.16. The molecule has 0 saturated heterocycles. The molecule has 3 heterocycles. The third-order valence-corrected chi connectivity index (χ3v) is 5.17. The van der Waals surface area contributed by atoms with Crippen LogP contribution < -0.4 is 11.2 Å². The monoisotopic (exact) mass is 411 g/mol. The third-order valence-electron chi connectivity index (χ3n) is 4.92. The van der Waals surface area contributed by atoms with Crippen LogP contribution in [0.5, 0.6) is 0 Å². The number of carbonyl (C=O) groups is 1. The third kappa shape index (κ3) is 2.92. The molecule has 9 heteroatoms. The first-order valence-electron chi connectivity index (χ1n) is 8.91. The maximum Gasteiger partial charge on any atom is 0.332 e. The number of rotatable bonds is 5. The lowest BCUT2D eigenvalue weighted by molar-refractivity contribution is 0.0969. The Kier molecular flexibility index (Phi) is 4.50. The van der Waals surface area contributed by atoms with Crippen LogP contribution in [0.1, 0.15) is 16.1 Å². The van der Waals surface area contributed by atoms with E-state index in [0.717, 1.165) is 10.3 Å². The van der Waals surface area contributed by atoms with Crippen LogP contribution in [0, 0.1) is 6.92 Å². The van der Waals surface area contributed by atoms with Gasteiger partial charge in [0.1, 0.15) is 0 Å². The lowest BCUT2D eigenvalue weighted by Crippen LogP contribution is -2.41. The summed E-state index contributed by atoms with van der Waals surface area (Å²) in [5, 5.41) is 0.497. The zero-order valence-corrected chi connectivity index (χ0v) is 16.7. The molecule has 0 amide bonds. The zero-order valence-electron chi connectivity index (χ0n) is 15.9. The SMILES string of the molecule is C=CCn1c(C)cn2c3c(=O)n(CC(=O)c4ccc(Cl)cc4)c(=O)n(C)c3nc12. The van der Waals surface area contributed by atoms with E-state index in [2.05, 4.69) is 11.6 Å². The average Bonchev–Trinajstić information content (AvgIpc) is 3.20. The van der Waals surface area contributed by atoms with E-state index in [-0.39, 0.29) is 23.5 Å². The largest absolute Gasteiger partial charge is 0.332 e. The van der Waals surface area contributed by atoms with Gasteiger partial charge in [0.2, 0.25) is 5.78 Å².